The van der Waals surface area contributed by atoms with Crippen molar-refractivity contribution < 1.29 is 4.74 Å². The lowest BCUT2D eigenvalue weighted by Gasteiger charge is -2.36. The molecule has 1 aromatic rings. The molecule has 1 N–H and O–H groups in total. The summed E-state index contributed by atoms with van der Waals surface area (Å²) < 4.78 is 5.54. The summed E-state index contributed by atoms with van der Waals surface area (Å²) in [5, 5.41) is 3.33. The van der Waals surface area contributed by atoms with Gasteiger partial charge in [-0.15, -0.1) is 0 Å². The number of benzene rings is 1. The lowest BCUT2D eigenvalue weighted by atomic mass is 10.0. The summed E-state index contributed by atoms with van der Waals surface area (Å²) >= 11 is 0. The van der Waals surface area contributed by atoms with Crippen LogP contribution in [0, 0.1) is 0 Å². The van der Waals surface area contributed by atoms with Gasteiger partial charge >= 0.3 is 0 Å². The van der Waals surface area contributed by atoms with Gasteiger partial charge in [0.1, 0.15) is 5.75 Å². The number of rotatable bonds is 4. The molecule has 0 aliphatic carbocycles. The zero-order valence-electron chi connectivity index (χ0n) is 12.4. The van der Waals surface area contributed by atoms with Gasteiger partial charge in [0.2, 0.25) is 0 Å². The quantitative estimate of drug-likeness (QED) is 0.895. The molecule has 1 aliphatic heterocycles. The Morgan fingerprint density at radius 2 is 1.89 bits per heavy atom. The standard InChI is InChI=1S/C15H25N3O/c1-12(16-2)15-13(6-5-7-14(15)19-4)18-10-8-17(3)9-11-18/h5-7,12,16H,8-11H2,1-4H3. The van der Waals surface area contributed by atoms with Crippen LogP contribution < -0.4 is 15.0 Å². The second-order valence-electron chi connectivity index (χ2n) is 5.19. The van der Waals surface area contributed by atoms with Gasteiger partial charge in [-0.1, -0.05) is 6.07 Å². The number of nitrogens with one attached hydrogen (secondary N) is 1. The van der Waals surface area contributed by atoms with E-state index in [9.17, 15) is 0 Å². The molecule has 19 heavy (non-hydrogen) atoms. The molecule has 106 valence electrons. The predicted octanol–water partition coefficient (Wildman–Crippen LogP) is 1.73. The minimum absolute atomic E-state index is 0.283. The van der Waals surface area contributed by atoms with E-state index in [-0.39, 0.29) is 6.04 Å². The molecule has 1 aliphatic rings. The van der Waals surface area contributed by atoms with Gasteiger partial charge in [0, 0.05) is 43.5 Å². The highest BCUT2D eigenvalue weighted by Gasteiger charge is 2.21. The third-order valence-corrected chi connectivity index (χ3v) is 3.97. The first-order chi connectivity index (χ1) is 9.17. The summed E-state index contributed by atoms with van der Waals surface area (Å²) in [4.78, 5) is 4.84. The molecular weight excluding hydrogens is 238 g/mol. The molecule has 1 aromatic carbocycles. The van der Waals surface area contributed by atoms with Crippen LogP contribution in [0.5, 0.6) is 5.75 Å². The van der Waals surface area contributed by atoms with Gasteiger partial charge in [-0.25, -0.2) is 0 Å². The first-order valence-corrected chi connectivity index (χ1v) is 6.95. The van der Waals surface area contributed by atoms with Gasteiger partial charge in [-0.3, -0.25) is 0 Å². The van der Waals surface area contributed by atoms with Crippen molar-refractivity contribution in [2.45, 2.75) is 13.0 Å². The van der Waals surface area contributed by atoms with E-state index in [1.54, 1.807) is 7.11 Å². The van der Waals surface area contributed by atoms with Gasteiger partial charge < -0.3 is 19.9 Å². The van der Waals surface area contributed by atoms with Crippen LogP contribution in [-0.4, -0.2) is 52.3 Å². The molecule has 0 aromatic heterocycles. The van der Waals surface area contributed by atoms with Crippen molar-refractivity contribution in [1.29, 1.82) is 0 Å². The highest BCUT2D eigenvalue weighted by molar-refractivity contribution is 5.61. The van der Waals surface area contributed by atoms with Crippen molar-refractivity contribution in [3.8, 4) is 5.75 Å². The Morgan fingerprint density at radius 1 is 1.21 bits per heavy atom. The summed E-state index contributed by atoms with van der Waals surface area (Å²) in [7, 11) is 5.92. The summed E-state index contributed by atoms with van der Waals surface area (Å²) in [6.45, 7) is 6.56. The molecule has 1 fully saturated rings. The minimum atomic E-state index is 0.283. The average Bonchev–Trinajstić information content (AvgIpc) is 2.46. The number of piperazine rings is 1. The predicted molar refractivity (Wildman–Crippen MR) is 80.2 cm³/mol. The third kappa shape index (κ3) is 3.01. The fraction of sp³-hybridized carbons (Fsp3) is 0.600. The summed E-state index contributed by atoms with van der Waals surface area (Å²) in [6.07, 6.45) is 0. The Labute approximate surface area is 116 Å². The topological polar surface area (TPSA) is 27.7 Å². The second kappa shape index (κ2) is 6.26. The molecule has 0 spiro atoms. The zero-order chi connectivity index (χ0) is 13.8. The average molecular weight is 263 g/mol. The highest BCUT2D eigenvalue weighted by Crippen LogP contribution is 2.34. The fourth-order valence-electron chi connectivity index (χ4n) is 2.61. The van der Waals surface area contributed by atoms with Crippen molar-refractivity contribution in [1.82, 2.24) is 10.2 Å². The summed E-state index contributed by atoms with van der Waals surface area (Å²) in [6, 6.07) is 6.61. The Bertz CT molecular complexity index is 414. The van der Waals surface area contributed by atoms with Crippen LogP contribution in [0.1, 0.15) is 18.5 Å². The number of ether oxygens (including phenoxy) is 1. The molecule has 4 heteroatoms. The van der Waals surface area contributed by atoms with Gasteiger partial charge in [-0.05, 0) is 33.2 Å². The molecule has 1 atom stereocenters. The maximum Gasteiger partial charge on any atom is 0.125 e. The summed E-state index contributed by atoms with van der Waals surface area (Å²) in [5.74, 6) is 0.971. The lowest BCUT2D eigenvalue weighted by Crippen LogP contribution is -2.45. The number of hydrogen-bond acceptors (Lipinski definition) is 4. The fourth-order valence-corrected chi connectivity index (χ4v) is 2.61. The Hall–Kier alpha value is -1.26. The van der Waals surface area contributed by atoms with Crippen molar-refractivity contribution in [2.75, 3.05) is 52.3 Å². The summed E-state index contributed by atoms with van der Waals surface area (Å²) in [5.41, 5.74) is 2.56. The number of likely N-dealkylation sites (N-methyl/N-ethyl adjacent to an activating group) is 1. The van der Waals surface area contributed by atoms with Crippen LogP contribution in [0.2, 0.25) is 0 Å². The van der Waals surface area contributed by atoms with Gasteiger partial charge in [0.05, 0.1) is 7.11 Å². The SMILES string of the molecule is CNC(C)c1c(OC)cccc1N1CCN(C)CC1. The van der Waals surface area contributed by atoms with Crippen molar-refractivity contribution in [2.24, 2.45) is 0 Å². The highest BCUT2D eigenvalue weighted by atomic mass is 16.5. The maximum atomic E-state index is 5.54. The molecule has 1 heterocycles. The number of nitrogens with zero attached hydrogens (tertiary/aromatic N) is 2. The first-order valence-electron chi connectivity index (χ1n) is 6.95. The van der Waals surface area contributed by atoms with E-state index in [2.05, 4.69) is 41.2 Å². The molecule has 1 unspecified atom stereocenters. The Kier molecular flexibility index (Phi) is 4.66. The van der Waals surface area contributed by atoms with Crippen molar-refractivity contribution >= 4 is 5.69 Å². The molecule has 0 bridgehead atoms. The number of methoxy groups -OCH3 is 1. The van der Waals surface area contributed by atoms with Crippen LogP contribution >= 0.6 is 0 Å². The van der Waals surface area contributed by atoms with Crippen LogP contribution in [0.15, 0.2) is 18.2 Å². The lowest BCUT2D eigenvalue weighted by molar-refractivity contribution is 0.312. The van der Waals surface area contributed by atoms with Crippen LogP contribution in [0.4, 0.5) is 5.69 Å². The third-order valence-electron chi connectivity index (χ3n) is 3.97. The largest absolute Gasteiger partial charge is 0.496 e. The first kappa shape index (κ1) is 14.2. The smallest absolute Gasteiger partial charge is 0.125 e. The molecule has 0 radical (unpaired) electrons. The number of hydrogen-bond donors (Lipinski definition) is 1. The van der Waals surface area contributed by atoms with E-state index >= 15 is 0 Å². The van der Waals surface area contributed by atoms with Crippen molar-refractivity contribution in [3.05, 3.63) is 23.8 Å². The molecule has 0 amide bonds. The van der Waals surface area contributed by atoms with Crippen molar-refractivity contribution in [3.63, 3.8) is 0 Å². The molecule has 1 saturated heterocycles. The van der Waals surface area contributed by atoms with Gasteiger partial charge in [0.15, 0.2) is 0 Å². The molecule has 0 saturated carbocycles. The van der Waals surface area contributed by atoms with E-state index in [1.165, 1.54) is 11.3 Å². The van der Waals surface area contributed by atoms with E-state index in [4.69, 9.17) is 4.74 Å². The molecular formula is C15H25N3O. The maximum absolute atomic E-state index is 5.54. The Morgan fingerprint density at radius 3 is 2.47 bits per heavy atom. The van der Waals surface area contributed by atoms with Crippen LogP contribution in [0.3, 0.4) is 0 Å². The number of anilines is 1. The van der Waals surface area contributed by atoms with E-state index < -0.39 is 0 Å². The zero-order valence-corrected chi connectivity index (χ0v) is 12.4. The minimum Gasteiger partial charge on any atom is -0.496 e. The van der Waals surface area contributed by atoms with Gasteiger partial charge in [0.25, 0.3) is 0 Å². The van der Waals surface area contributed by atoms with Crippen LogP contribution in [-0.2, 0) is 0 Å². The normalized spacial score (nSPS) is 18.4. The second-order valence-corrected chi connectivity index (χ2v) is 5.19. The van der Waals surface area contributed by atoms with Gasteiger partial charge in [-0.2, -0.15) is 0 Å². The van der Waals surface area contributed by atoms with E-state index in [0.717, 1.165) is 31.9 Å². The molecule has 2 rings (SSSR count). The van der Waals surface area contributed by atoms with E-state index in [0.29, 0.717) is 0 Å². The van der Waals surface area contributed by atoms with Crippen LogP contribution in [0.25, 0.3) is 0 Å². The monoisotopic (exact) mass is 263 g/mol. The molecule has 4 nitrogen and oxygen atoms in total. The Balaban J connectivity index is 2.33. The van der Waals surface area contributed by atoms with E-state index in [1.807, 2.05) is 13.1 Å².